The molecule has 4 nitrogen and oxygen atoms in total. The van der Waals surface area contributed by atoms with Crippen molar-refractivity contribution < 1.29 is 8.42 Å². The highest BCUT2D eigenvalue weighted by atomic mass is 32.2. The minimum absolute atomic E-state index is 0.245. The lowest BCUT2D eigenvalue weighted by Crippen LogP contribution is -2.46. The molecule has 0 spiro atoms. The van der Waals surface area contributed by atoms with E-state index in [2.05, 4.69) is 10.2 Å². The molecule has 1 unspecified atom stereocenters. The largest absolute Gasteiger partial charge is 0.314 e. The van der Waals surface area contributed by atoms with Crippen molar-refractivity contribution in [3.8, 4) is 0 Å². The molecule has 0 radical (unpaired) electrons. The van der Waals surface area contributed by atoms with Crippen molar-refractivity contribution in [2.75, 3.05) is 39.0 Å². The van der Waals surface area contributed by atoms with Crippen LogP contribution in [-0.4, -0.2) is 57.5 Å². The number of piperazine rings is 1. The van der Waals surface area contributed by atoms with Gasteiger partial charge in [0.05, 0.1) is 5.25 Å². The number of hydrogen-bond donors (Lipinski definition) is 1. The van der Waals surface area contributed by atoms with Crippen LogP contribution in [0.1, 0.15) is 6.92 Å². The fourth-order valence-electron chi connectivity index (χ4n) is 1.39. The van der Waals surface area contributed by atoms with Crippen LogP contribution < -0.4 is 5.32 Å². The van der Waals surface area contributed by atoms with Gasteiger partial charge in [0, 0.05) is 39.0 Å². The van der Waals surface area contributed by atoms with Crippen LogP contribution in [0.15, 0.2) is 0 Å². The number of sulfone groups is 1. The van der Waals surface area contributed by atoms with Crippen LogP contribution in [0.5, 0.6) is 0 Å². The van der Waals surface area contributed by atoms with Crippen LogP contribution in [0.2, 0.25) is 0 Å². The zero-order valence-electron chi connectivity index (χ0n) is 8.28. The summed E-state index contributed by atoms with van der Waals surface area (Å²) in [7, 11) is -2.86. The number of nitrogens with one attached hydrogen (secondary N) is 1. The summed E-state index contributed by atoms with van der Waals surface area (Å²) >= 11 is 0. The molecule has 0 aromatic heterocycles. The molecule has 0 aromatic rings. The van der Waals surface area contributed by atoms with Crippen molar-refractivity contribution in [2.24, 2.45) is 0 Å². The molecule has 5 heteroatoms. The Bertz CT molecular complexity index is 245. The Morgan fingerprint density at radius 1 is 1.38 bits per heavy atom. The van der Waals surface area contributed by atoms with Crippen LogP contribution in [0.3, 0.4) is 0 Å². The van der Waals surface area contributed by atoms with Crippen molar-refractivity contribution in [1.29, 1.82) is 0 Å². The van der Waals surface area contributed by atoms with Crippen LogP contribution in [-0.2, 0) is 9.84 Å². The quantitative estimate of drug-likeness (QED) is 0.665. The molecule has 1 fully saturated rings. The third kappa shape index (κ3) is 3.62. The van der Waals surface area contributed by atoms with E-state index in [0.717, 1.165) is 26.2 Å². The van der Waals surface area contributed by atoms with Gasteiger partial charge in [0.1, 0.15) is 0 Å². The summed E-state index contributed by atoms with van der Waals surface area (Å²) in [6, 6.07) is 0. The second kappa shape index (κ2) is 4.39. The van der Waals surface area contributed by atoms with Gasteiger partial charge in [-0.05, 0) is 6.92 Å². The normalized spacial score (nSPS) is 22.9. The van der Waals surface area contributed by atoms with Gasteiger partial charge in [-0.15, -0.1) is 0 Å². The first-order valence-corrected chi connectivity index (χ1v) is 6.57. The number of hydrogen-bond acceptors (Lipinski definition) is 4. The zero-order chi connectivity index (χ0) is 9.90. The number of nitrogens with zero attached hydrogens (tertiary/aromatic N) is 1. The molecule has 78 valence electrons. The molecule has 13 heavy (non-hydrogen) atoms. The summed E-state index contributed by atoms with van der Waals surface area (Å²) in [6.07, 6.45) is 1.31. The predicted molar refractivity (Wildman–Crippen MR) is 53.6 cm³/mol. The Balaban J connectivity index is 2.39. The Kier molecular flexibility index (Phi) is 3.70. The van der Waals surface area contributed by atoms with Gasteiger partial charge in [-0.25, -0.2) is 8.42 Å². The van der Waals surface area contributed by atoms with E-state index < -0.39 is 9.84 Å². The summed E-state index contributed by atoms with van der Waals surface area (Å²) in [5, 5.41) is 2.99. The molecular weight excluding hydrogens is 188 g/mol. The van der Waals surface area contributed by atoms with Gasteiger partial charge in [-0.3, -0.25) is 4.90 Å². The second-order valence-electron chi connectivity index (χ2n) is 3.69. The Labute approximate surface area is 80.2 Å². The van der Waals surface area contributed by atoms with Gasteiger partial charge < -0.3 is 5.32 Å². The highest BCUT2D eigenvalue weighted by Gasteiger charge is 2.19. The molecule has 1 N–H and O–H groups in total. The van der Waals surface area contributed by atoms with Crippen molar-refractivity contribution >= 4 is 9.84 Å². The average Bonchev–Trinajstić information content (AvgIpc) is 2.04. The Hall–Kier alpha value is -0.130. The molecule has 1 aliphatic rings. The van der Waals surface area contributed by atoms with Crippen LogP contribution >= 0.6 is 0 Å². The van der Waals surface area contributed by atoms with Crippen molar-refractivity contribution in [1.82, 2.24) is 10.2 Å². The van der Waals surface area contributed by atoms with Crippen molar-refractivity contribution in [3.05, 3.63) is 0 Å². The Morgan fingerprint density at radius 3 is 2.38 bits per heavy atom. The summed E-state index contributed by atoms with van der Waals surface area (Å²) in [5.74, 6) is 0. The van der Waals surface area contributed by atoms with E-state index in [1.54, 1.807) is 6.92 Å². The molecule has 0 amide bonds. The van der Waals surface area contributed by atoms with Crippen LogP contribution in [0.4, 0.5) is 0 Å². The monoisotopic (exact) mass is 206 g/mol. The Morgan fingerprint density at radius 2 is 1.92 bits per heavy atom. The molecule has 0 bridgehead atoms. The number of rotatable bonds is 3. The first kappa shape index (κ1) is 10.9. The second-order valence-corrected chi connectivity index (χ2v) is 6.15. The molecule has 1 heterocycles. The molecule has 1 aliphatic heterocycles. The van der Waals surface area contributed by atoms with Gasteiger partial charge in [0.15, 0.2) is 9.84 Å². The topological polar surface area (TPSA) is 49.4 Å². The first-order chi connectivity index (χ1) is 6.00. The third-order valence-electron chi connectivity index (χ3n) is 2.46. The molecule has 0 saturated carbocycles. The summed E-state index contributed by atoms with van der Waals surface area (Å²) in [5.41, 5.74) is 0. The fraction of sp³-hybridized carbons (Fsp3) is 1.00. The van der Waals surface area contributed by atoms with E-state index in [4.69, 9.17) is 0 Å². The van der Waals surface area contributed by atoms with E-state index in [1.807, 2.05) is 0 Å². The maximum absolute atomic E-state index is 11.2. The van der Waals surface area contributed by atoms with E-state index in [9.17, 15) is 8.42 Å². The molecular formula is C8H18N2O2S. The highest BCUT2D eigenvalue weighted by molar-refractivity contribution is 7.91. The minimum atomic E-state index is -2.86. The van der Waals surface area contributed by atoms with Crippen molar-refractivity contribution in [2.45, 2.75) is 12.2 Å². The summed E-state index contributed by atoms with van der Waals surface area (Å²) < 4.78 is 22.3. The predicted octanol–water partition coefficient (Wildman–Crippen LogP) is -0.675. The van der Waals surface area contributed by atoms with Gasteiger partial charge in [0.25, 0.3) is 0 Å². The van der Waals surface area contributed by atoms with Gasteiger partial charge in [-0.2, -0.15) is 0 Å². The van der Waals surface area contributed by atoms with E-state index in [-0.39, 0.29) is 5.25 Å². The lowest BCUT2D eigenvalue weighted by molar-refractivity contribution is 0.242. The lowest BCUT2D eigenvalue weighted by Gasteiger charge is -2.28. The molecule has 0 aliphatic carbocycles. The van der Waals surface area contributed by atoms with Gasteiger partial charge in [-0.1, -0.05) is 0 Å². The average molecular weight is 206 g/mol. The highest BCUT2D eigenvalue weighted by Crippen LogP contribution is 2.02. The molecule has 1 saturated heterocycles. The lowest BCUT2D eigenvalue weighted by atomic mass is 10.3. The first-order valence-electron chi connectivity index (χ1n) is 4.62. The third-order valence-corrected chi connectivity index (χ3v) is 4.07. The fourth-order valence-corrected chi connectivity index (χ4v) is 1.87. The van der Waals surface area contributed by atoms with Crippen LogP contribution in [0, 0.1) is 0 Å². The maximum atomic E-state index is 11.2. The zero-order valence-corrected chi connectivity index (χ0v) is 9.10. The molecule has 1 rings (SSSR count). The SMILES string of the molecule is CC(CN1CCNCC1)S(C)(=O)=O. The van der Waals surface area contributed by atoms with Crippen LogP contribution in [0.25, 0.3) is 0 Å². The smallest absolute Gasteiger partial charge is 0.151 e. The van der Waals surface area contributed by atoms with E-state index >= 15 is 0 Å². The van der Waals surface area contributed by atoms with E-state index in [1.165, 1.54) is 6.26 Å². The van der Waals surface area contributed by atoms with Gasteiger partial charge >= 0.3 is 0 Å². The molecule has 0 aromatic carbocycles. The maximum Gasteiger partial charge on any atom is 0.151 e. The van der Waals surface area contributed by atoms with E-state index in [0.29, 0.717) is 6.54 Å². The standard InChI is InChI=1S/C8H18N2O2S/c1-8(13(2,11)12)7-10-5-3-9-4-6-10/h8-9H,3-7H2,1-2H3. The molecule has 1 atom stereocenters. The minimum Gasteiger partial charge on any atom is -0.314 e. The van der Waals surface area contributed by atoms with Crippen molar-refractivity contribution in [3.63, 3.8) is 0 Å². The summed E-state index contributed by atoms with van der Waals surface area (Å²) in [4.78, 5) is 2.20. The van der Waals surface area contributed by atoms with Gasteiger partial charge in [0.2, 0.25) is 0 Å². The summed E-state index contributed by atoms with van der Waals surface area (Å²) in [6.45, 7) is 6.30.